The number of anilines is 2. The Labute approximate surface area is 199 Å². The molecule has 11 heteroatoms. The molecule has 176 valence electrons. The lowest BCUT2D eigenvalue weighted by molar-refractivity contribution is -0.127. The number of thiophene rings is 1. The van der Waals surface area contributed by atoms with Crippen molar-refractivity contribution in [2.24, 2.45) is 0 Å². The number of hydrogen-bond acceptors (Lipinski definition) is 8. The van der Waals surface area contributed by atoms with Crippen LogP contribution in [0.2, 0.25) is 5.02 Å². The summed E-state index contributed by atoms with van der Waals surface area (Å²) in [5.74, 6) is -1.86. The topological polar surface area (TPSA) is 111 Å². The maximum atomic E-state index is 12.9. The molecule has 3 rings (SSSR count). The van der Waals surface area contributed by atoms with E-state index in [1.807, 2.05) is 0 Å². The molecule has 1 aromatic heterocycles. The number of fused-ring (bicyclic) bond motifs is 1. The predicted octanol–water partition coefficient (Wildman–Crippen LogP) is 3.82. The van der Waals surface area contributed by atoms with Crippen molar-refractivity contribution in [2.45, 2.75) is 33.8 Å². The number of rotatable bonds is 7. The lowest BCUT2D eigenvalue weighted by Gasteiger charge is -2.32. The van der Waals surface area contributed by atoms with Gasteiger partial charge in [0.25, 0.3) is 5.91 Å². The van der Waals surface area contributed by atoms with E-state index in [4.69, 9.17) is 25.8 Å². The van der Waals surface area contributed by atoms with E-state index in [0.29, 0.717) is 22.0 Å². The molecule has 1 aliphatic heterocycles. The highest BCUT2D eigenvalue weighted by Crippen LogP contribution is 2.37. The average molecular weight is 495 g/mol. The van der Waals surface area contributed by atoms with Crippen LogP contribution in [0.15, 0.2) is 18.2 Å². The molecule has 33 heavy (non-hydrogen) atoms. The van der Waals surface area contributed by atoms with Crippen LogP contribution in [0, 0.1) is 6.92 Å². The van der Waals surface area contributed by atoms with Gasteiger partial charge >= 0.3 is 11.9 Å². The summed E-state index contributed by atoms with van der Waals surface area (Å²) >= 11 is 6.98. The molecule has 1 N–H and O–H groups in total. The molecule has 0 bridgehead atoms. The van der Waals surface area contributed by atoms with Crippen LogP contribution < -0.4 is 15.0 Å². The lowest BCUT2D eigenvalue weighted by atomic mass is 10.1. The second kappa shape index (κ2) is 10.2. The molecule has 1 aromatic carbocycles. The van der Waals surface area contributed by atoms with Crippen molar-refractivity contribution in [1.29, 1.82) is 0 Å². The van der Waals surface area contributed by atoms with Crippen molar-refractivity contribution in [3.05, 3.63) is 39.2 Å². The van der Waals surface area contributed by atoms with Gasteiger partial charge in [-0.25, -0.2) is 9.59 Å². The van der Waals surface area contributed by atoms with Gasteiger partial charge in [0.15, 0.2) is 6.10 Å². The lowest BCUT2D eigenvalue weighted by Crippen LogP contribution is -2.47. The first kappa shape index (κ1) is 24.5. The van der Waals surface area contributed by atoms with Crippen LogP contribution in [0.5, 0.6) is 5.75 Å². The highest BCUT2D eigenvalue weighted by Gasteiger charge is 2.34. The first-order chi connectivity index (χ1) is 15.7. The first-order valence-electron chi connectivity index (χ1n) is 10.2. The third-order valence-corrected chi connectivity index (χ3v) is 6.19. The fourth-order valence-electron chi connectivity index (χ4n) is 3.29. The van der Waals surface area contributed by atoms with Gasteiger partial charge in [0.1, 0.15) is 22.2 Å². The normalized spacial score (nSPS) is 14.9. The molecular weight excluding hydrogens is 472 g/mol. The number of esters is 2. The number of hydrogen-bond donors (Lipinski definition) is 1. The summed E-state index contributed by atoms with van der Waals surface area (Å²) in [6.45, 7) is 6.40. The van der Waals surface area contributed by atoms with Gasteiger partial charge < -0.3 is 19.5 Å². The van der Waals surface area contributed by atoms with Crippen molar-refractivity contribution in [1.82, 2.24) is 0 Å². The molecular formula is C22H23ClN2O7S. The third-order valence-electron chi connectivity index (χ3n) is 4.77. The van der Waals surface area contributed by atoms with Crippen LogP contribution in [0.25, 0.3) is 0 Å². The van der Waals surface area contributed by atoms with Gasteiger partial charge in [-0.15, -0.1) is 11.3 Å². The second-order valence-electron chi connectivity index (χ2n) is 7.05. The molecule has 0 radical (unpaired) electrons. The summed E-state index contributed by atoms with van der Waals surface area (Å²) in [7, 11) is 0. The smallest absolute Gasteiger partial charge is 0.348 e. The van der Waals surface area contributed by atoms with Gasteiger partial charge in [-0.2, -0.15) is 0 Å². The molecule has 0 aliphatic carbocycles. The predicted molar refractivity (Wildman–Crippen MR) is 123 cm³/mol. The fourth-order valence-corrected chi connectivity index (χ4v) is 4.57. The minimum Gasteiger partial charge on any atom is -0.479 e. The molecule has 0 spiro atoms. The third kappa shape index (κ3) is 5.12. The molecule has 0 saturated heterocycles. The highest BCUT2D eigenvalue weighted by molar-refractivity contribution is 7.18. The van der Waals surface area contributed by atoms with E-state index in [1.54, 1.807) is 39.8 Å². The minimum atomic E-state index is -0.791. The zero-order valence-corrected chi connectivity index (χ0v) is 20.1. The van der Waals surface area contributed by atoms with Gasteiger partial charge in [-0.3, -0.25) is 14.5 Å². The Bertz CT molecular complexity index is 1110. The zero-order chi connectivity index (χ0) is 24.3. The summed E-state index contributed by atoms with van der Waals surface area (Å²) in [6, 6.07) is 4.78. The Morgan fingerprint density at radius 2 is 1.85 bits per heavy atom. The Morgan fingerprint density at radius 3 is 2.52 bits per heavy atom. The van der Waals surface area contributed by atoms with Crippen LogP contribution >= 0.6 is 22.9 Å². The summed E-state index contributed by atoms with van der Waals surface area (Å²) in [6.07, 6.45) is -0.791. The van der Waals surface area contributed by atoms with Crippen molar-refractivity contribution in [2.75, 3.05) is 30.0 Å². The molecule has 2 heterocycles. The fraction of sp³-hybridized carbons (Fsp3) is 0.364. The van der Waals surface area contributed by atoms with Gasteiger partial charge in [-0.1, -0.05) is 11.6 Å². The van der Waals surface area contributed by atoms with Crippen molar-refractivity contribution >= 4 is 57.4 Å². The summed E-state index contributed by atoms with van der Waals surface area (Å²) in [4.78, 5) is 51.9. The minimum absolute atomic E-state index is 0.0726. The first-order valence-corrected chi connectivity index (χ1v) is 11.4. The highest BCUT2D eigenvalue weighted by atomic mass is 35.5. The average Bonchev–Trinajstić information content (AvgIpc) is 3.08. The maximum Gasteiger partial charge on any atom is 0.348 e. The molecule has 0 fully saturated rings. The summed E-state index contributed by atoms with van der Waals surface area (Å²) < 4.78 is 15.7. The van der Waals surface area contributed by atoms with E-state index in [0.717, 1.165) is 11.3 Å². The van der Waals surface area contributed by atoms with E-state index in [1.165, 1.54) is 11.0 Å². The Hall–Kier alpha value is -3.11. The summed E-state index contributed by atoms with van der Waals surface area (Å²) in [5.41, 5.74) is 0.782. The monoisotopic (exact) mass is 494 g/mol. The van der Waals surface area contributed by atoms with Gasteiger partial charge in [0.2, 0.25) is 5.91 Å². The van der Waals surface area contributed by atoms with Gasteiger partial charge in [0, 0.05) is 5.02 Å². The number of benzene rings is 1. The molecule has 1 aliphatic rings. The number of nitrogens with one attached hydrogen (secondary N) is 1. The van der Waals surface area contributed by atoms with Crippen LogP contribution in [0.1, 0.15) is 46.4 Å². The van der Waals surface area contributed by atoms with Gasteiger partial charge in [0.05, 0.1) is 24.5 Å². The largest absolute Gasteiger partial charge is 0.479 e. The Kier molecular flexibility index (Phi) is 7.60. The second-order valence-corrected chi connectivity index (χ2v) is 8.50. The number of amides is 2. The van der Waals surface area contributed by atoms with Crippen molar-refractivity contribution in [3.8, 4) is 5.75 Å². The number of nitrogens with zero attached hydrogens (tertiary/aromatic N) is 1. The SMILES string of the molecule is CCOC(=O)c1sc(NC(=O)CN2C(=O)C(C)Oc3ccc(Cl)cc32)c(C(=O)OCC)c1C. The molecule has 2 aromatic rings. The Morgan fingerprint density at radius 1 is 1.18 bits per heavy atom. The van der Waals surface area contributed by atoms with Crippen LogP contribution in [0.3, 0.4) is 0 Å². The standard InChI is InChI=1S/C22H23ClN2O7S/c1-5-30-21(28)17-11(3)18(22(29)31-6-2)33-19(17)24-16(26)10-25-14-9-13(23)7-8-15(14)32-12(4)20(25)27/h7-9,12H,5-6,10H2,1-4H3,(H,24,26). The van der Waals surface area contributed by atoms with Crippen molar-refractivity contribution in [3.63, 3.8) is 0 Å². The van der Waals surface area contributed by atoms with E-state index < -0.39 is 29.9 Å². The van der Waals surface area contributed by atoms with Crippen LogP contribution in [-0.4, -0.2) is 49.6 Å². The maximum absolute atomic E-state index is 12.9. The molecule has 2 amide bonds. The van der Waals surface area contributed by atoms with E-state index in [2.05, 4.69) is 5.32 Å². The zero-order valence-electron chi connectivity index (χ0n) is 18.5. The van der Waals surface area contributed by atoms with Crippen LogP contribution in [-0.2, 0) is 19.1 Å². The number of ether oxygens (including phenoxy) is 3. The van der Waals surface area contributed by atoms with Crippen molar-refractivity contribution < 1.29 is 33.4 Å². The van der Waals surface area contributed by atoms with E-state index in [9.17, 15) is 19.2 Å². The van der Waals surface area contributed by atoms with Gasteiger partial charge in [-0.05, 0) is 51.5 Å². The molecule has 0 saturated carbocycles. The molecule has 1 atom stereocenters. The molecule has 9 nitrogen and oxygen atoms in total. The Balaban J connectivity index is 1.90. The number of carbonyl (C=O) groups is 4. The quantitative estimate of drug-likeness (QED) is 0.582. The summed E-state index contributed by atoms with van der Waals surface area (Å²) in [5, 5.41) is 3.15. The van der Waals surface area contributed by atoms with E-state index in [-0.39, 0.29) is 35.2 Å². The molecule has 1 unspecified atom stereocenters. The van der Waals surface area contributed by atoms with E-state index >= 15 is 0 Å². The number of halogens is 1. The van der Waals surface area contributed by atoms with Crippen LogP contribution in [0.4, 0.5) is 10.7 Å². The number of carbonyl (C=O) groups excluding carboxylic acids is 4.